The smallest absolute Gasteiger partial charge is 0.251 e. The Morgan fingerprint density at radius 3 is 2.08 bits per heavy atom. The molecule has 2 aromatic carbocycles. The fourth-order valence-electron chi connectivity index (χ4n) is 2.99. The second kappa shape index (κ2) is 6.04. The van der Waals surface area contributed by atoms with E-state index in [1.807, 2.05) is 61.5 Å². The number of carbonyl (C=O) groups is 2. The third kappa shape index (κ3) is 2.54. The largest absolute Gasteiger partial charge is 0.452 e. The van der Waals surface area contributed by atoms with E-state index < -0.39 is 11.6 Å². The van der Waals surface area contributed by atoms with Crippen molar-refractivity contribution in [1.29, 1.82) is 0 Å². The molecule has 2 aromatic rings. The number of ether oxygens (including phenoxy) is 1. The highest BCUT2D eigenvalue weighted by Gasteiger charge is 2.55. The summed E-state index contributed by atoms with van der Waals surface area (Å²) in [4.78, 5) is 29.4. The summed E-state index contributed by atoms with van der Waals surface area (Å²) in [5.74, 6) is -0.350. The maximum atomic E-state index is 12.4. The molecule has 0 saturated heterocycles. The Bertz CT molecular complexity index is 793. The predicted molar refractivity (Wildman–Crippen MR) is 92.1 cm³/mol. The summed E-state index contributed by atoms with van der Waals surface area (Å²) in [6.07, 6.45) is 0. The van der Waals surface area contributed by atoms with Crippen LogP contribution in [0.25, 0.3) is 0 Å². The summed E-state index contributed by atoms with van der Waals surface area (Å²) >= 11 is 0. The maximum Gasteiger partial charge on any atom is 0.251 e. The lowest BCUT2D eigenvalue weighted by molar-refractivity contribution is -0.146. The highest BCUT2D eigenvalue weighted by atomic mass is 16.5. The number of nitrogens with zero attached hydrogens (tertiary/aromatic N) is 1. The van der Waals surface area contributed by atoms with E-state index >= 15 is 0 Å². The topological polar surface area (TPSA) is 55.7 Å². The van der Waals surface area contributed by atoms with Crippen LogP contribution in [0.2, 0.25) is 0 Å². The molecule has 1 atom stereocenters. The first-order chi connectivity index (χ1) is 11.4. The molecule has 4 heteroatoms. The number of aryl methyl sites for hydroxylation is 1. The van der Waals surface area contributed by atoms with Gasteiger partial charge in [-0.25, -0.2) is 4.99 Å². The van der Waals surface area contributed by atoms with Gasteiger partial charge >= 0.3 is 0 Å². The Balaban J connectivity index is 2.14. The highest BCUT2D eigenvalue weighted by molar-refractivity contribution is 6.14. The molecule has 3 rings (SSSR count). The number of carbonyl (C=O) groups excluding carboxylic acids is 2. The van der Waals surface area contributed by atoms with Gasteiger partial charge in [-0.05, 0) is 38.5 Å². The third-order valence-corrected chi connectivity index (χ3v) is 4.35. The van der Waals surface area contributed by atoms with E-state index in [1.54, 1.807) is 0 Å². The number of rotatable bonds is 4. The van der Waals surface area contributed by atoms with E-state index in [-0.39, 0.29) is 11.6 Å². The van der Waals surface area contributed by atoms with E-state index in [0.29, 0.717) is 5.90 Å². The van der Waals surface area contributed by atoms with Gasteiger partial charge in [0, 0.05) is 5.56 Å². The van der Waals surface area contributed by atoms with Crippen molar-refractivity contribution in [2.24, 2.45) is 4.99 Å². The molecular weight excluding hydrogens is 302 g/mol. The van der Waals surface area contributed by atoms with Gasteiger partial charge in [0.15, 0.2) is 11.6 Å². The van der Waals surface area contributed by atoms with E-state index in [2.05, 4.69) is 4.99 Å². The number of Topliss-reactive ketones (excluding diaryl/α,β-unsaturated/α-hetero) is 2. The molecule has 122 valence electrons. The van der Waals surface area contributed by atoms with Crippen LogP contribution in [0, 0.1) is 6.92 Å². The first-order valence-electron chi connectivity index (χ1n) is 7.86. The van der Waals surface area contributed by atoms with Crippen LogP contribution in [0.4, 0.5) is 0 Å². The molecule has 0 spiro atoms. The first-order valence-corrected chi connectivity index (χ1v) is 7.86. The standard InChI is InChI=1S/C20H19NO3/c1-13-9-11-16(12-10-13)18-20(14(2)22,15(3)23)24-19(21-18)17-7-5-4-6-8-17/h4-12,18H,1-3H3. The lowest BCUT2D eigenvalue weighted by atomic mass is 9.83. The summed E-state index contributed by atoms with van der Waals surface area (Å²) in [6.45, 7) is 4.74. The summed E-state index contributed by atoms with van der Waals surface area (Å²) in [5.41, 5.74) is 1.04. The van der Waals surface area contributed by atoms with Gasteiger partial charge in [-0.2, -0.15) is 0 Å². The second-order valence-electron chi connectivity index (χ2n) is 6.06. The van der Waals surface area contributed by atoms with Crippen LogP contribution < -0.4 is 0 Å². The van der Waals surface area contributed by atoms with E-state index in [9.17, 15) is 9.59 Å². The molecule has 0 saturated carbocycles. The predicted octanol–water partition coefficient (Wildman–Crippen LogP) is 3.43. The molecule has 1 aliphatic rings. The summed E-state index contributed by atoms with van der Waals surface area (Å²) < 4.78 is 5.91. The van der Waals surface area contributed by atoms with Crippen LogP contribution in [0.3, 0.4) is 0 Å². The number of hydrogen-bond acceptors (Lipinski definition) is 4. The molecule has 0 amide bonds. The number of ketones is 2. The average Bonchev–Trinajstić information content (AvgIpc) is 2.98. The van der Waals surface area contributed by atoms with Gasteiger partial charge in [-0.3, -0.25) is 9.59 Å². The quantitative estimate of drug-likeness (QED) is 0.811. The van der Waals surface area contributed by atoms with Crippen molar-refractivity contribution < 1.29 is 14.3 Å². The Morgan fingerprint density at radius 2 is 1.54 bits per heavy atom. The molecule has 0 radical (unpaired) electrons. The minimum Gasteiger partial charge on any atom is -0.452 e. The lowest BCUT2D eigenvalue weighted by Crippen LogP contribution is -2.49. The Labute approximate surface area is 141 Å². The fraction of sp³-hybridized carbons (Fsp3) is 0.250. The number of benzene rings is 2. The molecule has 0 fully saturated rings. The van der Waals surface area contributed by atoms with Crippen LogP contribution in [-0.4, -0.2) is 23.1 Å². The molecule has 1 unspecified atom stereocenters. The van der Waals surface area contributed by atoms with Crippen molar-refractivity contribution in [2.75, 3.05) is 0 Å². The molecule has 24 heavy (non-hydrogen) atoms. The number of hydrogen-bond donors (Lipinski definition) is 0. The summed E-state index contributed by atoms with van der Waals surface area (Å²) in [6, 6.07) is 16.3. The van der Waals surface area contributed by atoms with Gasteiger partial charge in [0.25, 0.3) is 5.60 Å². The maximum absolute atomic E-state index is 12.4. The van der Waals surface area contributed by atoms with Crippen LogP contribution in [-0.2, 0) is 14.3 Å². The van der Waals surface area contributed by atoms with Crippen molar-refractivity contribution >= 4 is 17.5 Å². The zero-order chi connectivity index (χ0) is 17.3. The van der Waals surface area contributed by atoms with Crippen molar-refractivity contribution in [3.8, 4) is 0 Å². The zero-order valence-electron chi connectivity index (χ0n) is 13.9. The molecule has 0 aromatic heterocycles. The van der Waals surface area contributed by atoms with Crippen LogP contribution in [0.1, 0.15) is 36.6 Å². The Kier molecular flexibility index (Phi) is 4.06. The SMILES string of the molecule is CC(=O)C1(C(C)=O)OC(c2ccccc2)=NC1c1ccc(C)cc1. The van der Waals surface area contributed by atoms with E-state index in [4.69, 9.17) is 4.74 Å². The molecule has 0 bridgehead atoms. The van der Waals surface area contributed by atoms with Gasteiger partial charge in [-0.15, -0.1) is 0 Å². The normalized spacial score (nSPS) is 18.6. The van der Waals surface area contributed by atoms with Crippen LogP contribution in [0.15, 0.2) is 59.6 Å². The Hall–Kier alpha value is -2.75. The Morgan fingerprint density at radius 1 is 0.958 bits per heavy atom. The molecule has 0 N–H and O–H groups in total. The first kappa shape index (κ1) is 16.1. The van der Waals surface area contributed by atoms with Gasteiger partial charge in [0.05, 0.1) is 0 Å². The van der Waals surface area contributed by atoms with Gasteiger partial charge < -0.3 is 4.74 Å². The van der Waals surface area contributed by atoms with Crippen LogP contribution in [0.5, 0.6) is 0 Å². The second-order valence-corrected chi connectivity index (χ2v) is 6.06. The molecule has 4 nitrogen and oxygen atoms in total. The fourth-order valence-corrected chi connectivity index (χ4v) is 2.99. The monoisotopic (exact) mass is 321 g/mol. The van der Waals surface area contributed by atoms with Gasteiger partial charge in [0.2, 0.25) is 5.90 Å². The zero-order valence-corrected chi connectivity index (χ0v) is 13.9. The number of aliphatic imine (C=N–C) groups is 1. The summed E-state index contributed by atoms with van der Waals surface area (Å²) in [5, 5.41) is 0. The van der Waals surface area contributed by atoms with E-state index in [0.717, 1.165) is 16.7 Å². The minimum absolute atomic E-state index is 0.326. The molecular formula is C20H19NO3. The van der Waals surface area contributed by atoms with Gasteiger partial charge in [0.1, 0.15) is 6.04 Å². The van der Waals surface area contributed by atoms with E-state index in [1.165, 1.54) is 13.8 Å². The van der Waals surface area contributed by atoms with Gasteiger partial charge in [-0.1, -0.05) is 48.0 Å². The third-order valence-electron chi connectivity index (χ3n) is 4.35. The van der Waals surface area contributed by atoms with Crippen molar-refractivity contribution in [3.05, 3.63) is 71.3 Å². The van der Waals surface area contributed by atoms with Crippen molar-refractivity contribution in [1.82, 2.24) is 0 Å². The highest BCUT2D eigenvalue weighted by Crippen LogP contribution is 2.41. The van der Waals surface area contributed by atoms with Crippen LogP contribution >= 0.6 is 0 Å². The molecule has 0 aliphatic carbocycles. The minimum atomic E-state index is -1.60. The lowest BCUT2D eigenvalue weighted by Gasteiger charge is -2.28. The molecule has 1 heterocycles. The molecule has 1 aliphatic heterocycles. The average molecular weight is 321 g/mol. The van der Waals surface area contributed by atoms with Crippen molar-refractivity contribution in [2.45, 2.75) is 32.4 Å². The summed E-state index contributed by atoms with van der Waals surface area (Å²) in [7, 11) is 0. The van der Waals surface area contributed by atoms with Crippen molar-refractivity contribution in [3.63, 3.8) is 0 Å².